The van der Waals surface area contributed by atoms with Crippen molar-refractivity contribution in [1.29, 1.82) is 0 Å². The minimum absolute atomic E-state index is 0.164. The fraction of sp³-hybridized carbons (Fsp3) is 0.500. The van der Waals surface area contributed by atoms with E-state index in [1.54, 1.807) is 6.92 Å². The third kappa shape index (κ3) is 1.12. The SMILES string of the molecule is CC1NC(=O)C2=CC(O)CN2C1=O. The highest BCUT2D eigenvalue weighted by atomic mass is 16.3. The van der Waals surface area contributed by atoms with Crippen LogP contribution in [0.5, 0.6) is 0 Å². The fourth-order valence-corrected chi connectivity index (χ4v) is 1.58. The van der Waals surface area contributed by atoms with Gasteiger partial charge in [0.15, 0.2) is 0 Å². The van der Waals surface area contributed by atoms with Crippen LogP contribution < -0.4 is 5.32 Å². The summed E-state index contributed by atoms with van der Waals surface area (Å²) in [5, 5.41) is 11.7. The zero-order chi connectivity index (χ0) is 9.59. The molecule has 2 aliphatic rings. The van der Waals surface area contributed by atoms with Crippen LogP contribution in [-0.2, 0) is 9.59 Å². The smallest absolute Gasteiger partial charge is 0.268 e. The lowest BCUT2D eigenvalue weighted by Crippen LogP contribution is -2.54. The second kappa shape index (κ2) is 2.56. The first kappa shape index (κ1) is 8.25. The molecule has 0 aromatic carbocycles. The molecule has 5 heteroatoms. The Kier molecular flexibility index (Phi) is 1.63. The second-order valence-corrected chi connectivity index (χ2v) is 3.26. The number of rotatable bonds is 0. The molecular weight excluding hydrogens is 172 g/mol. The van der Waals surface area contributed by atoms with Gasteiger partial charge in [-0.05, 0) is 13.0 Å². The largest absolute Gasteiger partial charge is 0.387 e. The van der Waals surface area contributed by atoms with Gasteiger partial charge in [-0.15, -0.1) is 0 Å². The third-order valence-corrected chi connectivity index (χ3v) is 2.23. The predicted molar refractivity (Wildman–Crippen MR) is 43.4 cm³/mol. The Morgan fingerprint density at radius 1 is 1.62 bits per heavy atom. The summed E-state index contributed by atoms with van der Waals surface area (Å²) in [6.07, 6.45) is 0.689. The number of nitrogens with one attached hydrogen (secondary N) is 1. The molecule has 2 amide bonds. The molecule has 1 fully saturated rings. The van der Waals surface area contributed by atoms with E-state index in [-0.39, 0.29) is 24.1 Å². The van der Waals surface area contributed by atoms with Crippen molar-refractivity contribution in [1.82, 2.24) is 10.2 Å². The standard InChI is InChI=1S/C8H10N2O3/c1-4-8(13)10-3-5(11)2-6(10)7(12)9-4/h2,4-5,11H,3H2,1H3,(H,9,12). The first-order chi connectivity index (χ1) is 6.09. The van der Waals surface area contributed by atoms with Crippen LogP contribution in [0, 0.1) is 0 Å². The summed E-state index contributed by atoms with van der Waals surface area (Å²) in [4.78, 5) is 24.1. The van der Waals surface area contributed by atoms with E-state index in [9.17, 15) is 14.7 Å². The summed E-state index contributed by atoms with van der Waals surface area (Å²) < 4.78 is 0. The van der Waals surface area contributed by atoms with Gasteiger partial charge >= 0.3 is 0 Å². The number of aliphatic hydroxyl groups excluding tert-OH is 1. The molecule has 0 aromatic rings. The number of fused-ring (bicyclic) bond motifs is 1. The summed E-state index contributed by atoms with van der Waals surface area (Å²) in [6.45, 7) is 1.83. The minimum atomic E-state index is -0.713. The molecule has 5 nitrogen and oxygen atoms in total. The van der Waals surface area contributed by atoms with E-state index in [2.05, 4.69) is 5.32 Å². The van der Waals surface area contributed by atoms with Gasteiger partial charge in [0.05, 0.1) is 12.6 Å². The van der Waals surface area contributed by atoms with Crippen molar-refractivity contribution in [2.24, 2.45) is 0 Å². The zero-order valence-electron chi connectivity index (χ0n) is 7.15. The maximum Gasteiger partial charge on any atom is 0.268 e. The molecule has 2 unspecified atom stereocenters. The van der Waals surface area contributed by atoms with Crippen molar-refractivity contribution in [3.63, 3.8) is 0 Å². The number of aliphatic hydroxyl groups is 1. The molecular formula is C8H10N2O3. The highest BCUT2D eigenvalue weighted by Gasteiger charge is 2.38. The molecule has 0 spiro atoms. The van der Waals surface area contributed by atoms with E-state index in [0.717, 1.165) is 0 Å². The van der Waals surface area contributed by atoms with Crippen molar-refractivity contribution in [3.05, 3.63) is 11.8 Å². The van der Waals surface area contributed by atoms with Gasteiger partial charge in [0.25, 0.3) is 5.91 Å². The number of hydrogen-bond acceptors (Lipinski definition) is 3. The average molecular weight is 182 g/mol. The van der Waals surface area contributed by atoms with Crippen LogP contribution in [0.4, 0.5) is 0 Å². The van der Waals surface area contributed by atoms with Crippen molar-refractivity contribution in [3.8, 4) is 0 Å². The van der Waals surface area contributed by atoms with E-state index in [4.69, 9.17) is 0 Å². The number of hydrogen-bond donors (Lipinski definition) is 2. The van der Waals surface area contributed by atoms with Gasteiger partial charge in [-0.3, -0.25) is 9.59 Å². The van der Waals surface area contributed by atoms with E-state index in [1.165, 1.54) is 11.0 Å². The van der Waals surface area contributed by atoms with Gasteiger partial charge < -0.3 is 15.3 Å². The molecule has 0 bridgehead atoms. The molecule has 1 saturated heterocycles. The van der Waals surface area contributed by atoms with E-state index in [0.29, 0.717) is 0 Å². The molecule has 2 heterocycles. The third-order valence-electron chi connectivity index (χ3n) is 2.23. The van der Waals surface area contributed by atoms with Gasteiger partial charge in [0, 0.05) is 0 Å². The predicted octanol–water partition coefficient (Wildman–Crippen LogP) is -1.41. The minimum Gasteiger partial charge on any atom is -0.387 e. The molecule has 0 aromatic heterocycles. The maximum absolute atomic E-state index is 11.5. The van der Waals surface area contributed by atoms with Gasteiger partial charge in [-0.1, -0.05) is 0 Å². The fourth-order valence-electron chi connectivity index (χ4n) is 1.58. The van der Waals surface area contributed by atoms with E-state index in [1.807, 2.05) is 0 Å². The van der Waals surface area contributed by atoms with Crippen LogP contribution in [0.15, 0.2) is 11.8 Å². The van der Waals surface area contributed by atoms with Gasteiger partial charge in [0.1, 0.15) is 11.7 Å². The number of piperazine rings is 1. The highest BCUT2D eigenvalue weighted by Crippen LogP contribution is 2.20. The molecule has 2 N–H and O–H groups in total. The van der Waals surface area contributed by atoms with Crippen LogP contribution in [0.3, 0.4) is 0 Å². The average Bonchev–Trinajstić information content (AvgIpc) is 2.44. The normalized spacial score (nSPS) is 32.8. The Hall–Kier alpha value is -1.36. The van der Waals surface area contributed by atoms with Gasteiger partial charge in [-0.25, -0.2) is 0 Å². The van der Waals surface area contributed by atoms with Crippen LogP contribution in [0.25, 0.3) is 0 Å². The van der Waals surface area contributed by atoms with Crippen LogP contribution in [-0.4, -0.2) is 40.5 Å². The first-order valence-corrected chi connectivity index (χ1v) is 4.11. The van der Waals surface area contributed by atoms with E-state index < -0.39 is 12.1 Å². The Bertz CT molecular complexity index is 311. The topological polar surface area (TPSA) is 69.6 Å². The maximum atomic E-state index is 11.5. The second-order valence-electron chi connectivity index (χ2n) is 3.26. The summed E-state index contributed by atoms with van der Waals surface area (Å²) in [6, 6.07) is -0.491. The number of carbonyl (C=O) groups is 2. The van der Waals surface area contributed by atoms with Crippen LogP contribution in [0.1, 0.15) is 6.92 Å². The first-order valence-electron chi connectivity index (χ1n) is 4.11. The summed E-state index contributed by atoms with van der Waals surface area (Å²) in [5.41, 5.74) is 0.274. The highest BCUT2D eigenvalue weighted by molar-refractivity contribution is 6.05. The summed E-state index contributed by atoms with van der Waals surface area (Å²) in [7, 11) is 0. The van der Waals surface area contributed by atoms with Crippen molar-refractivity contribution >= 4 is 11.8 Å². The molecule has 0 aliphatic carbocycles. The summed E-state index contributed by atoms with van der Waals surface area (Å²) >= 11 is 0. The molecule has 0 saturated carbocycles. The Morgan fingerprint density at radius 3 is 3.00 bits per heavy atom. The van der Waals surface area contributed by atoms with Gasteiger partial charge in [-0.2, -0.15) is 0 Å². The molecule has 0 radical (unpaired) electrons. The van der Waals surface area contributed by atoms with Gasteiger partial charge in [0.2, 0.25) is 5.91 Å². The number of carbonyl (C=O) groups excluding carboxylic acids is 2. The Morgan fingerprint density at radius 2 is 2.31 bits per heavy atom. The van der Waals surface area contributed by atoms with E-state index >= 15 is 0 Å². The lowest BCUT2D eigenvalue weighted by molar-refractivity contribution is -0.139. The molecule has 2 aliphatic heterocycles. The zero-order valence-corrected chi connectivity index (χ0v) is 7.15. The van der Waals surface area contributed by atoms with Crippen LogP contribution in [0.2, 0.25) is 0 Å². The Labute approximate surface area is 75.0 Å². The van der Waals surface area contributed by atoms with Crippen molar-refractivity contribution in [2.45, 2.75) is 19.1 Å². The quantitative estimate of drug-likeness (QED) is 0.483. The number of nitrogens with zero attached hydrogens (tertiary/aromatic N) is 1. The number of amides is 2. The molecule has 2 atom stereocenters. The molecule has 13 heavy (non-hydrogen) atoms. The molecule has 70 valence electrons. The lowest BCUT2D eigenvalue weighted by Gasteiger charge is -2.29. The lowest BCUT2D eigenvalue weighted by atomic mass is 10.2. The monoisotopic (exact) mass is 182 g/mol. The van der Waals surface area contributed by atoms with Crippen molar-refractivity contribution in [2.75, 3.05) is 6.54 Å². The van der Waals surface area contributed by atoms with Crippen LogP contribution >= 0.6 is 0 Å². The van der Waals surface area contributed by atoms with Crippen molar-refractivity contribution < 1.29 is 14.7 Å². The summed E-state index contributed by atoms with van der Waals surface area (Å²) in [5.74, 6) is -0.453. The Balaban J connectivity index is 2.33. The molecule has 2 rings (SSSR count).